The second-order valence-electron chi connectivity index (χ2n) is 14.4. The highest BCUT2D eigenvalue weighted by Crippen LogP contribution is 2.55. The highest BCUT2D eigenvalue weighted by atomic mass is 16.6. The maximum absolute atomic E-state index is 9.46. The van der Waals surface area contributed by atoms with Gasteiger partial charge in [-0.3, -0.25) is 0 Å². The van der Waals surface area contributed by atoms with E-state index in [0.717, 1.165) is 44.7 Å². The van der Waals surface area contributed by atoms with Crippen LogP contribution in [0.3, 0.4) is 0 Å². The maximum atomic E-state index is 9.46. The summed E-state index contributed by atoms with van der Waals surface area (Å²) in [5, 5.41) is 9.46. The van der Waals surface area contributed by atoms with Crippen molar-refractivity contribution < 1.29 is 9.47 Å². The van der Waals surface area contributed by atoms with Gasteiger partial charge >= 0.3 is 0 Å². The maximum Gasteiger partial charge on any atom is 0.170 e. The number of rotatable bonds is 5. The summed E-state index contributed by atoms with van der Waals surface area (Å²) in [5.41, 5.74) is 12.1. The van der Waals surface area contributed by atoms with Crippen LogP contribution in [-0.2, 0) is 5.41 Å². The number of hydrogen-bond donors (Lipinski definition) is 0. The lowest BCUT2D eigenvalue weighted by Gasteiger charge is -2.25. The van der Waals surface area contributed by atoms with Crippen molar-refractivity contribution in [1.82, 2.24) is 15.0 Å². The monoisotopic (exact) mass is 708 g/mol. The Morgan fingerprint density at radius 2 is 0.964 bits per heavy atom. The smallest absolute Gasteiger partial charge is 0.170 e. The summed E-state index contributed by atoms with van der Waals surface area (Å²) in [4.78, 5) is 14.8. The van der Waals surface area contributed by atoms with Gasteiger partial charge in [0, 0.05) is 22.1 Å². The highest BCUT2D eigenvalue weighted by Gasteiger charge is 2.37. The van der Waals surface area contributed by atoms with E-state index in [1.54, 1.807) is 6.07 Å². The molecule has 2 aliphatic rings. The Kier molecular flexibility index (Phi) is 7.43. The molecule has 0 bridgehead atoms. The first-order valence-electron chi connectivity index (χ1n) is 18.2. The Morgan fingerprint density at radius 3 is 1.75 bits per heavy atom. The number of ether oxygens (including phenoxy) is 2. The summed E-state index contributed by atoms with van der Waals surface area (Å²) < 4.78 is 13.0. The van der Waals surface area contributed by atoms with Gasteiger partial charge in [0.25, 0.3) is 0 Å². The van der Waals surface area contributed by atoms with Gasteiger partial charge in [0.1, 0.15) is 0 Å². The van der Waals surface area contributed by atoms with Crippen LogP contribution in [0.15, 0.2) is 158 Å². The Bertz CT molecular complexity index is 2860. The number of hydrogen-bond acceptors (Lipinski definition) is 6. The third-order valence-electron chi connectivity index (χ3n) is 10.6. The van der Waals surface area contributed by atoms with Gasteiger partial charge in [-0.15, -0.1) is 0 Å². The van der Waals surface area contributed by atoms with E-state index in [9.17, 15) is 5.26 Å². The topological polar surface area (TPSA) is 80.9 Å². The van der Waals surface area contributed by atoms with Crippen LogP contribution >= 0.6 is 0 Å². The van der Waals surface area contributed by atoms with E-state index >= 15 is 0 Å². The molecule has 0 amide bonds. The van der Waals surface area contributed by atoms with E-state index in [1.807, 2.05) is 91.0 Å². The molecule has 0 fully saturated rings. The molecule has 0 spiro atoms. The molecule has 7 aromatic carbocycles. The van der Waals surface area contributed by atoms with Crippen LogP contribution in [0.25, 0.3) is 67.5 Å². The molecule has 0 atom stereocenters. The minimum Gasteiger partial charge on any atom is -0.450 e. The Labute approximate surface area is 319 Å². The minimum atomic E-state index is -0.121. The second-order valence-corrected chi connectivity index (χ2v) is 14.4. The van der Waals surface area contributed by atoms with Crippen molar-refractivity contribution in [2.24, 2.45) is 0 Å². The van der Waals surface area contributed by atoms with Crippen LogP contribution in [-0.4, -0.2) is 15.0 Å². The fourth-order valence-corrected chi connectivity index (χ4v) is 7.72. The molecule has 10 rings (SSSR count). The third kappa shape index (κ3) is 5.62. The van der Waals surface area contributed by atoms with Gasteiger partial charge in [0.15, 0.2) is 40.5 Å². The molecule has 0 saturated heterocycles. The fraction of sp³-hybridized carbons (Fsp3) is 0.0612. The second kappa shape index (κ2) is 12.6. The van der Waals surface area contributed by atoms with Gasteiger partial charge in [-0.05, 0) is 87.0 Å². The van der Waals surface area contributed by atoms with Crippen molar-refractivity contribution >= 4 is 0 Å². The Balaban J connectivity index is 0.974. The highest BCUT2D eigenvalue weighted by molar-refractivity contribution is 5.84. The van der Waals surface area contributed by atoms with Crippen LogP contribution in [0.5, 0.6) is 23.0 Å². The largest absolute Gasteiger partial charge is 0.450 e. The Hall–Kier alpha value is -7.36. The van der Waals surface area contributed by atoms with Crippen LogP contribution in [0, 0.1) is 11.3 Å². The average molecular weight is 709 g/mol. The molecule has 260 valence electrons. The van der Waals surface area contributed by atoms with Crippen molar-refractivity contribution in [2.45, 2.75) is 19.3 Å². The van der Waals surface area contributed by atoms with Gasteiger partial charge in [-0.1, -0.05) is 129 Å². The zero-order valence-electron chi connectivity index (χ0n) is 30.1. The number of nitrogens with zero attached hydrogens (tertiary/aromatic N) is 4. The van der Waals surface area contributed by atoms with Crippen LogP contribution in [0.1, 0.15) is 30.5 Å². The van der Waals surface area contributed by atoms with Crippen LogP contribution in [0.4, 0.5) is 0 Å². The van der Waals surface area contributed by atoms with E-state index in [-0.39, 0.29) is 5.41 Å². The number of aromatic nitrogens is 3. The summed E-state index contributed by atoms with van der Waals surface area (Å²) in [5.74, 6) is 4.54. The molecule has 55 heavy (non-hydrogen) atoms. The SMILES string of the molecule is CC1(C)c2ccccc2-c2cc3c(cc21)Oc1ccc(-c2ccc(-c4nc(-c5ccccc5)nc(-c5cccc(-c6cccc(C#N)c6)c5)n4)cc2)cc1O3. The molecular weight excluding hydrogens is 677 g/mol. The molecule has 6 heteroatoms. The summed E-state index contributed by atoms with van der Waals surface area (Å²) in [7, 11) is 0. The molecule has 2 heterocycles. The predicted octanol–water partition coefficient (Wildman–Crippen LogP) is 12.3. The molecule has 1 aliphatic heterocycles. The van der Waals surface area contributed by atoms with Crippen molar-refractivity contribution in [3.63, 3.8) is 0 Å². The van der Waals surface area contributed by atoms with Gasteiger partial charge in [0.2, 0.25) is 0 Å². The number of fused-ring (bicyclic) bond motifs is 5. The molecule has 0 saturated carbocycles. The zero-order chi connectivity index (χ0) is 37.1. The van der Waals surface area contributed by atoms with E-state index < -0.39 is 0 Å². The summed E-state index contributed by atoms with van der Waals surface area (Å²) in [6.45, 7) is 4.53. The van der Waals surface area contributed by atoms with Gasteiger partial charge < -0.3 is 9.47 Å². The Morgan fingerprint density at radius 1 is 0.418 bits per heavy atom. The fourth-order valence-electron chi connectivity index (χ4n) is 7.72. The third-order valence-corrected chi connectivity index (χ3v) is 10.6. The molecule has 0 unspecified atom stereocenters. The first-order valence-corrected chi connectivity index (χ1v) is 18.2. The normalized spacial score (nSPS) is 13.0. The van der Waals surface area contributed by atoms with Crippen LogP contribution < -0.4 is 9.47 Å². The van der Waals surface area contributed by atoms with Crippen molar-refractivity contribution in [3.8, 4) is 96.6 Å². The molecule has 0 radical (unpaired) electrons. The quantitative estimate of drug-likeness (QED) is 0.177. The lowest BCUT2D eigenvalue weighted by molar-refractivity contribution is 0.359. The molecule has 6 nitrogen and oxygen atoms in total. The number of nitriles is 1. The molecular formula is C49H32N4O2. The summed E-state index contributed by atoms with van der Waals surface area (Å²) in [6, 6.07) is 55.0. The number of benzene rings is 7. The lowest BCUT2D eigenvalue weighted by Crippen LogP contribution is -2.15. The van der Waals surface area contributed by atoms with Crippen molar-refractivity contribution in [3.05, 3.63) is 174 Å². The first-order chi connectivity index (χ1) is 26.9. The van der Waals surface area contributed by atoms with Gasteiger partial charge in [0.05, 0.1) is 11.6 Å². The van der Waals surface area contributed by atoms with Gasteiger partial charge in [-0.25, -0.2) is 15.0 Å². The molecule has 1 aromatic heterocycles. The summed E-state index contributed by atoms with van der Waals surface area (Å²) >= 11 is 0. The van der Waals surface area contributed by atoms with E-state index in [4.69, 9.17) is 24.4 Å². The lowest BCUT2D eigenvalue weighted by atomic mass is 9.82. The average Bonchev–Trinajstić information content (AvgIpc) is 3.47. The molecule has 1 aliphatic carbocycles. The van der Waals surface area contributed by atoms with Gasteiger partial charge in [-0.2, -0.15) is 5.26 Å². The minimum absolute atomic E-state index is 0.121. The van der Waals surface area contributed by atoms with Crippen molar-refractivity contribution in [1.29, 1.82) is 5.26 Å². The first kappa shape index (κ1) is 32.3. The van der Waals surface area contributed by atoms with E-state index in [0.29, 0.717) is 40.3 Å². The molecule has 0 N–H and O–H groups in total. The summed E-state index contributed by atoms with van der Waals surface area (Å²) in [6.07, 6.45) is 0. The zero-order valence-corrected chi connectivity index (χ0v) is 30.1. The van der Waals surface area contributed by atoms with Crippen molar-refractivity contribution in [2.75, 3.05) is 0 Å². The predicted molar refractivity (Wildman–Crippen MR) is 216 cm³/mol. The van der Waals surface area contributed by atoms with E-state index in [2.05, 4.69) is 80.6 Å². The standard InChI is InChI=1S/C49H32N4O2/c1-49(2)40-17-7-6-16-38(40)39-27-44-45(28-41(39)49)54-42-23-22-36(26-43(42)55-44)31-18-20-33(21-19-31)47-51-46(32-11-4-3-5-12-32)52-48(53-47)37-15-9-14-35(25-37)34-13-8-10-30(24-34)29-50/h3-28H,1-2H3. The molecule has 8 aromatic rings. The van der Waals surface area contributed by atoms with Crippen LogP contribution in [0.2, 0.25) is 0 Å². The van der Waals surface area contributed by atoms with E-state index in [1.165, 1.54) is 22.3 Å².